The first-order valence-electron chi connectivity index (χ1n) is 11.0. The van der Waals surface area contributed by atoms with Gasteiger partial charge in [-0.25, -0.2) is 8.42 Å². The predicted octanol–water partition coefficient (Wildman–Crippen LogP) is 3.92. The number of hydrogen-bond acceptors (Lipinski definition) is 6. The van der Waals surface area contributed by atoms with Crippen molar-refractivity contribution in [2.75, 3.05) is 23.7 Å². The predicted molar refractivity (Wildman–Crippen MR) is 140 cm³/mol. The third-order valence-electron chi connectivity index (χ3n) is 5.46. The van der Waals surface area contributed by atoms with Crippen LogP contribution in [0.4, 0.5) is 11.4 Å². The highest BCUT2D eigenvalue weighted by Crippen LogP contribution is 2.29. The zero-order chi connectivity index (χ0) is 27.2. The van der Waals surface area contributed by atoms with Crippen LogP contribution in [0.25, 0.3) is 0 Å². The molecule has 1 atom stereocenters. The lowest BCUT2D eigenvalue weighted by Gasteiger charge is -2.32. The maximum atomic E-state index is 13.6. The molecule has 0 aliphatic heterocycles. The Kier molecular flexibility index (Phi) is 10.1. The maximum Gasteiger partial charge on any atom is 0.271 e. The zero-order valence-corrected chi connectivity index (χ0v) is 22.7. The third kappa shape index (κ3) is 7.31. The van der Waals surface area contributed by atoms with Crippen LogP contribution >= 0.6 is 23.2 Å². The fourth-order valence-corrected chi connectivity index (χ4v) is 4.82. The van der Waals surface area contributed by atoms with Crippen LogP contribution in [0.3, 0.4) is 0 Å². The normalized spacial score (nSPS) is 12.1. The number of hydrogen-bond donors (Lipinski definition) is 1. The second-order valence-electron chi connectivity index (χ2n) is 8.19. The maximum absolute atomic E-state index is 13.6. The van der Waals surface area contributed by atoms with Gasteiger partial charge in [-0.15, -0.1) is 0 Å². The lowest BCUT2D eigenvalue weighted by molar-refractivity contribution is -0.384. The van der Waals surface area contributed by atoms with E-state index >= 15 is 0 Å². The molecule has 0 radical (unpaired) electrons. The minimum absolute atomic E-state index is 0.0149. The van der Waals surface area contributed by atoms with Crippen LogP contribution in [0.2, 0.25) is 10.0 Å². The Hall–Kier alpha value is -2.89. The van der Waals surface area contributed by atoms with Gasteiger partial charge < -0.3 is 10.2 Å². The van der Waals surface area contributed by atoms with Crippen molar-refractivity contribution in [2.45, 2.75) is 39.8 Å². The highest BCUT2D eigenvalue weighted by molar-refractivity contribution is 7.92. The fourth-order valence-electron chi connectivity index (χ4n) is 3.41. The average Bonchev–Trinajstić information content (AvgIpc) is 2.80. The molecule has 2 rings (SSSR count). The summed E-state index contributed by atoms with van der Waals surface area (Å²) in [5.74, 6) is -1.16. The lowest BCUT2D eigenvalue weighted by atomic mass is 10.1. The second-order valence-corrected chi connectivity index (χ2v) is 10.9. The molecular formula is C23H28Cl2N4O6S. The molecule has 0 aliphatic carbocycles. The number of carbonyl (C=O) groups is 2. The van der Waals surface area contributed by atoms with Gasteiger partial charge in [-0.1, -0.05) is 42.3 Å². The van der Waals surface area contributed by atoms with Gasteiger partial charge in [-0.3, -0.25) is 24.0 Å². The number of benzene rings is 2. The van der Waals surface area contributed by atoms with Gasteiger partial charge in [0.05, 0.1) is 16.9 Å². The van der Waals surface area contributed by atoms with E-state index in [1.165, 1.54) is 24.0 Å². The molecular weight excluding hydrogens is 531 g/mol. The van der Waals surface area contributed by atoms with Gasteiger partial charge in [0.15, 0.2) is 0 Å². The highest BCUT2D eigenvalue weighted by atomic mass is 35.5. The molecule has 13 heteroatoms. The molecule has 0 saturated carbocycles. The molecule has 0 bridgehead atoms. The van der Waals surface area contributed by atoms with Gasteiger partial charge >= 0.3 is 0 Å². The molecule has 2 aromatic rings. The number of nitrogens with one attached hydrogen (secondary N) is 1. The number of non-ortho nitro benzene ring substituents is 1. The minimum atomic E-state index is -4.05. The number of nitrogens with zero attached hydrogens (tertiary/aromatic N) is 3. The van der Waals surface area contributed by atoms with Crippen LogP contribution in [0.5, 0.6) is 0 Å². The minimum Gasteiger partial charge on any atom is -0.354 e. The van der Waals surface area contributed by atoms with Crippen LogP contribution < -0.4 is 9.62 Å². The van der Waals surface area contributed by atoms with E-state index in [1.807, 2.05) is 6.92 Å². The molecule has 36 heavy (non-hydrogen) atoms. The Bertz CT molecular complexity index is 1230. The van der Waals surface area contributed by atoms with Gasteiger partial charge in [0.2, 0.25) is 21.8 Å². The van der Waals surface area contributed by atoms with Crippen LogP contribution in [0.15, 0.2) is 36.4 Å². The molecule has 196 valence electrons. The Balaban J connectivity index is 2.52. The van der Waals surface area contributed by atoms with Gasteiger partial charge in [-0.05, 0) is 38.0 Å². The number of sulfonamides is 1. The van der Waals surface area contributed by atoms with Crippen molar-refractivity contribution in [1.82, 2.24) is 10.2 Å². The first-order valence-corrected chi connectivity index (χ1v) is 13.6. The largest absolute Gasteiger partial charge is 0.354 e. The second kappa shape index (κ2) is 12.4. The molecule has 10 nitrogen and oxygen atoms in total. The monoisotopic (exact) mass is 558 g/mol. The van der Waals surface area contributed by atoms with Gasteiger partial charge in [0.1, 0.15) is 12.6 Å². The van der Waals surface area contributed by atoms with Crippen molar-refractivity contribution in [3.63, 3.8) is 0 Å². The van der Waals surface area contributed by atoms with E-state index in [0.29, 0.717) is 24.1 Å². The number of rotatable bonds is 11. The Labute approximate surface area is 220 Å². The number of anilines is 1. The molecule has 0 aliphatic rings. The first kappa shape index (κ1) is 29.3. The summed E-state index contributed by atoms with van der Waals surface area (Å²) in [7, 11) is -4.05. The van der Waals surface area contributed by atoms with Crippen molar-refractivity contribution in [3.8, 4) is 0 Å². The fraction of sp³-hybridized carbons (Fsp3) is 0.391. The third-order valence-corrected chi connectivity index (χ3v) is 7.29. The van der Waals surface area contributed by atoms with E-state index in [1.54, 1.807) is 25.1 Å². The Morgan fingerprint density at radius 2 is 1.78 bits per heavy atom. The summed E-state index contributed by atoms with van der Waals surface area (Å²) < 4.78 is 26.2. The number of nitro groups is 1. The molecule has 0 spiro atoms. The van der Waals surface area contributed by atoms with Crippen molar-refractivity contribution in [3.05, 3.63) is 67.7 Å². The lowest BCUT2D eigenvalue weighted by Crippen LogP contribution is -2.51. The topological polar surface area (TPSA) is 130 Å². The van der Waals surface area contributed by atoms with E-state index in [2.05, 4.69) is 5.32 Å². The average molecular weight is 559 g/mol. The van der Waals surface area contributed by atoms with E-state index in [4.69, 9.17) is 23.2 Å². The SMILES string of the molecule is CCCNC(=O)C(C)N(Cc1c(Cl)cccc1Cl)C(=O)CN(c1cc([N+](=O)[O-])ccc1C)S(C)(=O)=O. The van der Waals surface area contributed by atoms with Gasteiger partial charge in [-0.2, -0.15) is 0 Å². The summed E-state index contributed by atoms with van der Waals surface area (Å²) in [6, 6.07) is 7.55. The number of nitro benzene ring substituents is 1. The van der Waals surface area contributed by atoms with Crippen LogP contribution in [-0.2, 0) is 26.2 Å². The van der Waals surface area contributed by atoms with E-state index in [0.717, 1.165) is 16.6 Å². The summed E-state index contributed by atoms with van der Waals surface area (Å²) in [6.45, 7) is 4.49. The van der Waals surface area contributed by atoms with Crippen molar-refractivity contribution >= 4 is 56.4 Å². The van der Waals surface area contributed by atoms with Crippen LogP contribution in [0, 0.1) is 17.0 Å². The van der Waals surface area contributed by atoms with Crippen molar-refractivity contribution in [2.24, 2.45) is 0 Å². The van der Waals surface area contributed by atoms with Gasteiger partial charge in [0, 0.05) is 40.8 Å². The quantitative estimate of drug-likeness (QED) is 0.328. The molecule has 0 fully saturated rings. The van der Waals surface area contributed by atoms with Crippen LogP contribution in [0.1, 0.15) is 31.4 Å². The Morgan fingerprint density at radius 3 is 2.31 bits per heavy atom. The van der Waals surface area contributed by atoms with Crippen molar-refractivity contribution < 1.29 is 22.9 Å². The molecule has 1 N–H and O–H groups in total. The smallest absolute Gasteiger partial charge is 0.271 e. The summed E-state index contributed by atoms with van der Waals surface area (Å²) in [4.78, 5) is 38.1. The number of aryl methyl sites for hydroxylation is 1. The zero-order valence-electron chi connectivity index (χ0n) is 20.3. The van der Waals surface area contributed by atoms with E-state index in [-0.39, 0.29) is 28.0 Å². The summed E-state index contributed by atoms with van der Waals surface area (Å²) in [5.41, 5.74) is 0.456. The number of halogens is 2. The van der Waals surface area contributed by atoms with Crippen LogP contribution in [-0.4, -0.2) is 55.4 Å². The summed E-state index contributed by atoms with van der Waals surface area (Å²) in [6.07, 6.45) is 1.57. The number of amides is 2. The first-order chi connectivity index (χ1) is 16.8. The van der Waals surface area contributed by atoms with Crippen molar-refractivity contribution in [1.29, 1.82) is 0 Å². The highest BCUT2D eigenvalue weighted by Gasteiger charge is 2.31. The van der Waals surface area contributed by atoms with E-state index < -0.39 is 39.3 Å². The van der Waals surface area contributed by atoms with E-state index in [9.17, 15) is 28.1 Å². The Morgan fingerprint density at radius 1 is 1.17 bits per heavy atom. The molecule has 0 saturated heterocycles. The molecule has 0 aromatic heterocycles. The standard InChI is InChI=1S/C23H28Cl2N4O6S/c1-5-11-26-23(31)16(3)27(13-18-19(24)7-6-8-20(18)25)22(30)14-28(36(4,34)35)21-12-17(29(32)33)10-9-15(21)2/h6-10,12,16H,5,11,13-14H2,1-4H3,(H,26,31). The molecule has 0 heterocycles. The summed E-state index contributed by atoms with van der Waals surface area (Å²) in [5, 5.41) is 14.5. The molecule has 1 unspecified atom stereocenters. The summed E-state index contributed by atoms with van der Waals surface area (Å²) >= 11 is 12.6. The molecule has 2 aromatic carbocycles. The van der Waals surface area contributed by atoms with Gasteiger partial charge in [0.25, 0.3) is 5.69 Å². The molecule has 2 amide bonds. The number of carbonyl (C=O) groups excluding carboxylic acids is 2.